The molecule has 2 nitrogen and oxygen atoms in total. The van der Waals surface area contributed by atoms with E-state index in [1.165, 1.54) is 142 Å². The Morgan fingerprint density at radius 3 is 0.767 bits per heavy atom. The first-order chi connectivity index (χ1) is 41.0. The van der Waals surface area contributed by atoms with Crippen molar-refractivity contribution < 1.29 is 0 Å². The van der Waals surface area contributed by atoms with Crippen molar-refractivity contribution in [1.29, 1.82) is 0 Å². The van der Waals surface area contributed by atoms with Crippen molar-refractivity contribution in [2.45, 2.75) is 103 Å². The van der Waals surface area contributed by atoms with Gasteiger partial charge in [-0.2, -0.15) is 0 Å². The normalized spacial score (nSPS) is 16.6. The van der Waals surface area contributed by atoms with E-state index in [0.717, 1.165) is 0 Å². The first-order valence-corrected chi connectivity index (χ1v) is 45.2. The van der Waals surface area contributed by atoms with E-state index in [-0.39, 0.29) is 0 Å². The molecule has 0 bridgehead atoms. The summed E-state index contributed by atoms with van der Waals surface area (Å²) in [6, 6.07) is 90.6. The Bertz CT molecular complexity index is 4270. The summed E-state index contributed by atoms with van der Waals surface area (Å²) in [4.78, 5) is 5.17. The van der Waals surface area contributed by atoms with Crippen LogP contribution in [0, 0.1) is 0 Å². The zero-order valence-corrected chi connectivity index (χ0v) is 56.8. The topological polar surface area (TPSA) is 6.48 Å². The van der Waals surface area contributed by atoms with Gasteiger partial charge in [0.1, 0.15) is 0 Å². The summed E-state index contributed by atoms with van der Waals surface area (Å²) in [6.07, 6.45) is 0. The molecule has 2 unspecified atom stereocenters. The van der Waals surface area contributed by atoms with E-state index < -0.39 is 43.1 Å². The van der Waals surface area contributed by atoms with Gasteiger partial charge in [0.2, 0.25) is 0 Å². The highest BCUT2D eigenvalue weighted by molar-refractivity contribution is 6.90. The largest absolute Gasteiger partial charge is 0.310 e. The Labute approximate surface area is 514 Å². The number of benzene rings is 12. The molecule has 0 saturated heterocycles. The third kappa shape index (κ3) is 8.64. The van der Waals surface area contributed by atoms with Gasteiger partial charge < -0.3 is 9.80 Å². The average Bonchev–Trinajstić information content (AvgIpc) is 1.49. The van der Waals surface area contributed by atoms with Gasteiger partial charge >= 0.3 is 0 Å². The van der Waals surface area contributed by atoms with Crippen LogP contribution in [0.15, 0.2) is 231 Å². The van der Waals surface area contributed by atoms with Gasteiger partial charge in [-0.3, -0.25) is 0 Å². The molecule has 0 amide bonds. The second kappa shape index (κ2) is 19.8. The van der Waals surface area contributed by atoms with E-state index >= 15 is 0 Å². The molecule has 12 aromatic rings. The summed E-state index contributed by atoms with van der Waals surface area (Å²) >= 11 is 0. The summed E-state index contributed by atoms with van der Waals surface area (Å²) < 4.78 is 0. The van der Waals surface area contributed by atoms with Gasteiger partial charge in [0.25, 0.3) is 0 Å². The molecule has 2 aliphatic carbocycles. The van der Waals surface area contributed by atoms with Crippen LogP contribution >= 0.6 is 0 Å². The van der Waals surface area contributed by atoms with Gasteiger partial charge in [-0.25, -0.2) is 0 Å². The fraction of sp³-hybridized carbons (Fsp3) is 0.200. The van der Waals surface area contributed by atoms with E-state index in [9.17, 15) is 0 Å². The molecule has 0 N–H and O–H groups in total. The first kappa shape index (κ1) is 56.0. The first-order valence-electron chi connectivity index (χ1n) is 31.2. The van der Waals surface area contributed by atoms with Crippen LogP contribution in [0.25, 0.3) is 65.3 Å². The van der Waals surface area contributed by atoms with E-state index in [1.54, 1.807) is 0 Å². The van der Waals surface area contributed by atoms with Crippen LogP contribution < -0.4 is 30.5 Å². The second-order valence-electron chi connectivity index (χ2n) is 29.3. The van der Waals surface area contributed by atoms with E-state index in [1.807, 2.05) is 0 Å². The fourth-order valence-electron chi connectivity index (χ4n) is 15.0. The lowest BCUT2D eigenvalue weighted by atomic mass is 9.56. The Kier molecular flexibility index (Phi) is 12.9. The van der Waals surface area contributed by atoms with Crippen molar-refractivity contribution in [1.82, 2.24) is 0 Å². The van der Waals surface area contributed by atoms with Gasteiger partial charge in [0.05, 0.1) is 43.7 Å². The Hall–Kier alpha value is -7.85. The Morgan fingerprint density at radius 1 is 0.244 bits per heavy atom. The minimum atomic E-state index is -1.61. The summed E-state index contributed by atoms with van der Waals surface area (Å²) in [5.74, 6) is 0. The number of fused-ring (bicyclic) bond motifs is 14. The number of nitrogens with zero attached hydrogens (tertiary/aromatic N) is 2. The van der Waals surface area contributed by atoms with Crippen LogP contribution in [0.3, 0.4) is 0 Å². The predicted octanol–water partition coefficient (Wildman–Crippen LogP) is 20.7. The third-order valence-corrected chi connectivity index (χ3v) is 28.3. The maximum atomic E-state index is 2.66. The fourth-order valence-corrected chi connectivity index (χ4v) is 19.7. The highest BCUT2D eigenvalue weighted by Gasteiger charge is 2.59. The quantitative estimate of drug-likeness (QED) is 0.119. The van der Waals surface area contributed by atoms with Crippen molar-refractivity contribution in [2.75, 3.05) is 9.80 Å². The number of anilines is 6. The third-order valence-electron chi connectivity index (χ3n) is 20.0. The molecule has 12 aromatic carbocycles. The van der Waals surface area contributed by atoms with Gasteiger partial charge in [-0.05, 0) is 137 Å². The minimum Gasteiger partial charge on any atom is -0.310 e. The van der Waals surface area contributed by atoms with Crippen LogP contribution in [0.2, 0.25) is 78.6 Å². The Balaban J connectivity index is 1.12. The van der Waals surface area contributed by atoms with Crippen LogP contribution in [0.4, 0.5) is 34.1 Å². The molecule has 0 aromatic heterocycles. The molecule has 0 radical (unpaired) electrons. The van der Waals surface area contributed by atoms with Crippen molar-refractivity contribution in [3.05, 3.63) is 253 Å². The van der Waals surface area contributed by atoms with E-state index in [4.69, 9.17) is 0 Å². The molecule has 0 heterocycles. The van der Waals surface area contributed by atoms with Crippen molar-refractivity contribution in [2.24, 2.45) is 0 Å². The lowest BCUT2D eigenvalue weighted by Gasteiger charge is -2.46. The van der Waals surface area contributed by atoms with Crippen LogP contribution in [0.5, 0.6) is 0 Å². The lowest BCUT2D eigenvalue weighted by Crippen LogP contribution is -2.44. The monoisotopic (exact) mass is 1180 g/mol. The van der Waals surface area contributed by atoms with E-state index in [0.29, 0.717) is 0 Å². The molecule has 86 heavy (non-hydrogen) atoms. The summed E-state index contributed by atoms with van der Waals surface area (Å²) in [7, 11) is -6.45. The van der Waals surface area contributed by atoms with Crippen LogP contribution in [0.1, 0.15) is 36.1 Å². The molecular formula is C80H80N2Si4. The van der Waals surface area contributed by atoms with E-state index in [2.05, 4.69) is 333 Å². The van der Waals surface area contributed by atoms with Gasteiger partial charge in [0.15, 0.2) is 0 Å². The van der Waals surface area contributed by atoms with Crippen LogP contribution in [-0.4, -0.2) is 32.3 Å². The van der Waals surface area contributed by atoms with Crippen molar-refractivity contribution >= 4 is 130 Å². The highest BCUT2D eigenvalue weighted by Crippen LogP contribution is 2.69. The summed E-state index contributed by atoms with van der Waals surface area (Å²) in [5, 5.41) is 16.0. The number of hydrogen-bond donors (Lipinski definition) is 0. The molecule has 426 valence electrons. The molecule has 2 aliphatic rings. The molecular weight excluding hydrogens is 1100 g/mol. The molecule has 6 heteroatoms. The lowest BCUT2D eigenvalue weighted by molar-refractivity contribution is 0.376. The summed E-state index contributed by atoms with van der Waals surface area (Å²) in [6.45, 7) is 34.7. The minimum absolute atomic E-state index is 0.638. The van der Waals surface area contributed by atoms with Gasteiger partial charge in [-0.1, -0.05) is 283 Å². The standard InChI is InChI=1S/C80H80N2Si4/c1-79(69-49-31-53-23-15-17-25-63(53)75(69)77-67-29-21-19-27-65(67)73(51-71(77)79)81(55-33-41-59(42-34-55)83(3,4)5)56-35-43-60(44-36-56)84(6,7)8)80(2)70-50-32-54-24-16-18-26-64(54)76(70)78-68-30-22-20-28-66(68)74(52-72(78)80)82(57-37-45-61(46-38-57)85(9,10)11)58-39-47-62(48-40-58)86(12,13)14/h15-52H,1-14H3. The molecule has 14 rings (SSSR count). The second-order valence-corrected chi connectivity index (χ2v) is 49.6. The zero-order valence-electron chi connectivity index (χ0n) is 52.8. The predicted molar refractivity (Wildman–Crippen MR) is 388 cm³/mol. The maximum absolute atomic E-state index is 2.66. The van der Waals surface area contributed by atoms with Gasteiger partial charge in [-0.15, -0.1) is 0 Å². The molecule has 0 saturated carbocycles. The SMILES string of the molecule is CC1(C2(C)c3ccc4ccccc4c3-c3c2cc(N(c2ccc([Si](C)(C)C)cc2)c2ccc([Si](C)(C)C)cc2)c2ccccc32)c2ccc3ccccc3c2-c2c1cc(N(c1ccc([Si](C)(C)C)cc1)c1ccc([Si](C)(C)C)cc1)c1ccccc21. The smallest absolute Gasteiger partial charge is 0.0775 e. The Morgan fingerprint density at radius 2 is 0.488 bits per heavy atom. The molecule has 2 atom stereocenters. The average molecular weight is 1180 g/mol. The van der Waals surface area contributed by atoms with Crippen molar-refractivity contribution in [3.63, 3.8) is 0 Å². The maximum Gasteiger partial charge on any atom is 0.0775 e. The highest BCUT2D eigenvalue weighted by atomic mass is 28.3. The summed E-state index contributed by atoms with van der Waals surface area (Å²) in [5.41, 5.74) is 16.6. The van der Waals surface area contributed by atoms with Gasteiger partial charge in [0, 0.05) is 44.4 Å². The van der Waals surface area contributed by atoms with Crippen molar-refractivity contribution in [3.8, 4) is 22.3 Å². The van der Waals surface area contributed by atoms with Crippen LogP contribution in [-0.2, 0) is 10.8 Å². The molecule has 0 aliphatic heterocycles. The molecule has 0 spiro atoms. The zero-order chi connectivity index (χ0) is 60.0. The molecule has 0 fully saturated rings. The number of hydrogen-bond acceptors (Lipinski definition) is 2. The number of rotatable bonds is 11.